The Morgan fingerprint density at radius 2 is 2.25 bits per heavy atom. The van der Waals surface area contributed by atoms with Crippen LogP contribution < -0.4 is 10.6 Å². The van der Waals surface area contributed by atoms with E-state index in [9.17, 15) is 9.90 Å². The number of nitrogens with one attached hydrogen (secondary N) is 2. The number of carbonyl (C=O) groups excluding carboxylic acids is 1. The maximum absolute atomic E-state index is 11.6. The summed E-state index contributed by atoms with van der Waals surface area (Å²) in [6.07, 6.45) is 1.91. The molecule has 2 aromatic rings. The second-order valence-electron chi connectivity index (χ2n) is 4.87. The molecule has 108 valence electrons. The quantitative estimate of drug-likeness (QED) is 0.764. The Kier molecular flexibility index (Phi) is 4.81. The zero-order valence-electron chi connectivity index (χ0n) is 11.3. The summed E-state index contributed by atoms with van der Waals surface area (Å²) in [6, 6.07) is 7.17. The monoisotopic (exact) mass is 294 g/mol. The zero-order chi connectivity index (χ0) is 14.4. The molecule has 0 unspecified atom stereocenters. The van der Waals surface area contributed by atoms with Crippen LogP contribution in [0.2, 0.25) is 0 Å². The highest BCUT2D eigenvalue weighted by Crippen LogP contribution is 2.12. The molecular weight excluding hydrogens is 276 g/mol. The average molecular weight is 294 g/mol. The molecule has 5 nitrogen and oxygen atoms in total. The summed E-state index contributed by atoms with van der Waals surface area (Å²) in [6.45, 7) is 2.31. The number of carbonyl (C=O) groups is 1. The van der Waals surface area contributed by atoms with Gasteiger partial charge in [0.05, 0.1) is 18.4 Å². The van der Waals surface area contributed by atoms with Crippen molar-refractivity contribution < 1.29 is 14.3 Å². The lowest BCUT2D eigenvalue weighted by Crippen LogP contribution is -2.45. The minimum Gasteiger partial charge on any atom is -0.469 e. The summed E-state index contributed by atoms with van der Waals surface area (Å²) < 4.78 is 5.19. The van der Waals surface area contributed by atoms with E-state index < -0.39 is 5.60 Å². The van der Waals surface area contributed by atoms with E-state index in [2.05, 4.69) is 10.6 Å². The molecule has 20 heavy (non-hydrogen) atoms. The summed E-state index contributed by atoms with van der Waals surface area (Å²) in [5.74, 6) is 0.691. The Bertz CT molecular complexity index is 521. The molecule has 0 aliphatic heterocycles. The third-order valence-electron chi connectivity index (χ3n) is 2.77. The Morgan fingerprint density at radius 3 is 2.90 bits per heavy atom. The smallest absolute Gasteiger partial charge is 0.315 e. The number of furan rings is 1. The molecule has 2 amide bonds. The van der Waals surface area contributed by atoms with Gasteiger partial charge in [-0.1, -0.05) is 6.07 Å². The topological polar surface area (TPSA) is 74.5 Å². The second-order valence-corrected chi connectivity index (χ2v) is 5.90. The van der Waals surface area contributed by atoms with Gasteiger partial charge in [-0.25, -0.2) is 4.79 Å². The first-order chi connectivity index (χ1) is 9.55. The standard InChI is InChI=1S/C14H18N2O3S/c1-14(18,8-11-4-2-6-19-11)10-16-13(17)15-9-12-5-3-7-20-12/h2-7,18H,8-10H2,1H3,(H2,15,16,17)/t14-/m0/s1. The summed E-state index contributed by atoms with van der Waals surface area (Å²) >= 11 is 1.59. The van der Waals surface area contributed by atoms with Gasteiger partial charge in [0.25, 0.3) is 0 Å². The van der Waals surface area contributed by atoms with Gasteiger partial charge >= 0.3 is 6.03 Å². The van der Waals surface area contributed by atoms with Crippen LogP contribution in [0.4, 0.5) is 4.79 Å². The lowest BCUT2D eigenvalue weighted by Gasteiger charge is -2.22. The molecule has 0 spiro atoms. The van der Waals surface area contributed by atoms with E-state index >= 15 is 0 Å². The van der Waals surface area contributed by atoms with Gasteiger partial charge in [0.15, 0.2) is 0 Å². The van der Waals surface area contributed by atoms with E-state index in [1.807, 2.05) is 17.5 Å². The Morgan fingerprint density at radius 1 is 1.40 bits per heavy atom. The molecule has 2 heterocycles. The summed E-state index contributed by atoms with van der Waals surface area (Å²) in [5.41, 5.74) is -1.04. The van der Waals surface area contributed by atoms with E-state index in [0.717, 1.165) is 4.88 Å². The van der Waals surface area contributed by atoms with E-state index in [0.29, 0.717) is 18.7 Å². The summed E-state index contributed by atoms with van der Waals surface area (Å²) in [4.78, 5) is 12.7. The van der Waals surface area contributed by atoms with Crippen LogP contribution in [0.3, 0.4) is 0 Å². The van der Waals surface area contributed by atoms with Crippen molar-refractivity contribution in [2.24, 2.45) is 0 Å². The molecule has 3 N–H and O–H groups in total. The van der Waals surface area contributed by atoms with Crippen molar-refractivity contribution in [2.45, 2.75) is 25.5 Å². The van der Waals surface area contributed by atoms with Crippen molar-refractivity contribution in [1.29, 1.82) is 0 Å². The Labute approximate surface area is 121 Å². The number of aliphatic hydroxyl groups is 1. The van der Waals surface area contributed by atoms with Crippen molar-refractivity contribution in [3.63, 3.8) is 0 Å². The molecule has 0 aromatic carbocycles. The van der Waals surface area contributed by atoms with Gasteiger partial charge in [-0.15, -0.1) is 11.3 Å². The fourth-order valence-corrected chi connectivity index (χ4v) is 2.41. The number of thiophene rings is 1. The van der Waals surface area contributed by atoms with Gasteiger partial charge in [0.1, 0.15) is 5.76 Å². The number of rotatable bonds is 6. The van der Waals surface area contributed by atoms with Crippen LogP contribution in [0.5, 0.6) is 0 Å². The number of amides is 2. The Balaban J connectivity index is 1.71. The molecule has 6 heteroatoms. The first-order valence-electron chi connectivity index (χ1n) is 6.34. The molecule has 2 aromatic heterocycles. The van der Waals surface area contributed by atoms with Crippen LogP contribution >= 0.6 is 11.3 Å². The lowest BCUT2D eigenvalue weighted by atomic mass is 10.0. The SMILES string of the molecule is C[C@@](O)(CNC(=O)NCc1cccs1)Cc1ccco1. The van der Waals surface area contributed by atoms with Crippen LogP contribution in [0.1, 0.15) is 17.6 Å². The molecule has 0 radical (unpaired) electrons. The molecule has 0 saturated carbocycles. The molecule has 0 fully saturated rings. The maximum Gasteiger partial charge on any atom is 0.315 e. The fourth-order valence-electron chi connectivity index (χ4n) is 1.76. The first-order valence-corrected chi connectivity index (χ1v) is 7.22. The highest BCUT2D eigenvalue weighted by atomic mass is 32.1. The van der Waals surface area contributed by atoms with Crippen molar-refractivity contribution in [3.8, 4) is 0 Å². The third kappa shape index (κ3) is 4.71. The minimum atomic E-state index is -1.04. The lowest BCUT2D eigenvalue weighted by molar-refractivity contribution is 0.0571. The highest BCUT2D eigenvalue weighted by molar-refractivity contribution is 7.09. The third-order valence-corrected chi connectivity index (χ3v) is 3.64. The molecule has 0 aliphatic rings. The molecule has 0 saturated heterocycles. The van der Waals surface area contributed by atoms with Crippen LogP contribution in [-0.2, 0) is 13.0 Å². The number of urea groups is 1. The maximum atomic E-state index is 11.6. The number of hydrogen-bond acceptors (Lipinski definition) is 4. The summed E-state index contributed by atoms with van der Waals surface area (Å²) in [5, 5.41) is 17.6. The highest BCUT2D eigenvalue weighted by Gasteiger charge is 2.23. The largest absolute Gasteiger partial charge is 0.469 e. The van der Waals surface area contributed by atoms with E-state index in [1.54, 1.807) is 36.7 Å². The predicted octanol–water partition coefficient (Wildman–Crippen LogP) is 2.13. The van der Waals surface area contributed by atoms with Crippen LogP contribution in [0.25, 0.3) is 0 Å². The van der Waals surface area contributed by atoms with E-state index in [1.165, 1.54) is 0 Å². The van der Waals surface area contributed by atoms with Crippen molar-refractivity contribution in [3.05, 3.63) is 46.5 Å². The van der Waals surface area contributed by atoms with E-state index in [-0.39, 0.29) is 12.6 Å². The van der Waals surface area contributed by atoms with Crippen molar-refractivity contribution in [2.75, 3.05) is 6.54 Å². The van der Waals surface area contributed by atoms with Gasteiger partial charge < -0.3 is 20.2 Å². The van der Waals surface area contributed by atoms with E-state index in [4.69, 9.17) is 4.42 Å². The molecule has 0 bridgehead atoms. The minimum absolute atomic E-state index is 0.157. The summed E-state index contributed by atoms with van der Waals surface area (Å²) in [7, 11) is 0. The fraction of sp³-hybridized carbons (Fsp3) is 0.357. The van der Waals surface area contributed by atoms with Gasteiger partial charge in [0, 0.05) is 17.8 Å². The molecule has 2 rings (SSSR count). The van der Waals surface area contributed by atoms with Crippen molar-refractivity contribution >= 4 is 17.4 Å². The molecule has 0 aliphatic carbocycles. The zero-order valence-corrected chi connectivity index (χ0v) is 12.1. The van der Waals surface area contributed by atoms with Crippen LogP contribution in [0.15, 0.2) is 40.3 Å². The molecule has 1 atom stereocenters. The molecular formula is C14H18N2O3S. The predicted molar refractivity (Wildman–Crippen MR) is 77.6 cm³/mol. The average Bonchev–Trinajstić information content (AvgIpc) is 3.06. The first kappa shape index (κ1) is 14.6. The van der Waals surface area contributed by atoms with Gasteiger partial charge in [-0.3, -0.25) is 0 Å². The number of hydrogen-bond donors (Lipinski definition) is 3. The Hall–Kier alpha value is -1.79. The van der Waals surface area contributed by atoms with Crippen LogP contribution in [-0.4, -0.2) is 23.3 Å². The second kappa shape index (κ2) is 6.58. The van der Waals surface area contributed by atoms with Gasteiger partial charge in [-0.2, -0.15) is 0 Å². The van der Waals surface area contributed by atoms with Gasteiger partial charge in [-0.05, 0) is 30.5 Å². The van der Waals surface area contributed by atoms with Crippen LogP contribution in [0, 0.1) is 0 Å². The normalized spacial score (nSPS) is 13.7. The van der Waals surface area contributed by atoms with Gasteiger partial charge in [0.2, 0.25) is 0 Å². The van der Waals surface area contributed by atoms with Crippen molar-refractivity contribution in [1.82, 2.24) is 10.6 Å².